The predicted molar refractivity (Wildman–Crippen MR) is 80.8 cm³/mol. The van der Waals surface area contributed by atoms with Crippen LogP contribution >= 0.6 is 0 Å². The van der Waals surface area contributed by atoms with E-state index in [4.69, 9.17) is 9.66 Å². The van der Waals surface area contributed by atoms with Gasteiger partial charge < -0.3 is 10.4 Å². The van der Waals surface area contributed by atoms with Gasteiger partial charge in [0.2, 0.25) is 0 Å². The summed E-state index contributed by atoms with van der Waals surface area (Å²) in [6.45, 7) is 0.0819. The van der Waals surface area contributed by atoms with Crippen molar-refractivity contribution in [2.75, 3.05) is 0 Å². The maximum absolute atomic E-state index is 12.1. The van der Waals surface area contributed by atoms with Gasteiger partial charge in [0.1, 0.15) is 0 Å². The zero-order valence-corrected chi connectivity index (χ0v) is 12.6. The van der Waals surface area contributed by atoms with Crippen LogP contribution in [0.3, 0.4) is 0 Å². The quantitative estimate of drug-likeness (QED) is 0.713. The molecule has 0 unspecified atom stereocenters. The lowest BCUT2D eigenvalue weighted by Crippen LogP contribution is -2.24. The standard InChI is InChI=1S/C15H13NO6S/c17-14(12-3-1-2-4-13(12)15(18)19)16-9-10-5-7-11(8-6-10)23(20,21)22/h1-8H,9H2,(H,16,17)(H,18,19)(H,20,21,22). The minimum absolute atomic E-state index is 0.0366. The number of rotatable bonds is 5. The molecule has 0 aliphatic heterocycles. The fourth-order valence-corrected chi connectivity index (χ4v) is 2.40. The SMILES string of the molecule is O=C(O)c1ccccc1C(=O)NCc1ccc(S(=O)(=O)O)cc1. The van der Waals surface area contributed by atoms with Crippen molar-refractivity contribution in [3.8, 4) is 0 Å². The van der Waals surface area contributed by atoms with Crippen LogP contribution in [0, 0.1) is 0 Å². The van der Waals surface area contributed by atoms with Gasteiger partial charge in [0.15, 0.2) is 0 Å². The van der Waals surface area contributed by atoms with Crippen LogP contribution in [0.25, 0.3) is 0 Å². The van der Waals surface area contributed by atoms with Crippen molar-refractivity contribution in [1.82, 2.24) is 5.32 Å². The second-order valence-electron chi connectivity index (χ2n) is 4.65. The highest BCUT2D eigenvalue weighted by molar-refractivity contribution is 7.85. The van der Waals surface area contributed by atoms with Crippen molar-refractivity contribution < 1.29 is 27.7 Å². The highest BCUT2D eigenvalue weighted by Gasteiger charge is 2.15. The Balaban J connectivity index is 2.09. The summed E-state index contributed by atoms with van der Waals surface area (Å²) in [4.78, 5) is 22.9. The highest BCUT2D eigenvalue weighted by Crippen LogP contribution is 2.11. The first-order chi connectivity index (χ1) is 10.8. The van der Waals surface area contributed by atoms with Crippen LogP contribution in [0.5, 0.6) is 0 Å². The van der Waals surface area contributed by atoms with Crippen LogP contribution < -0.4 is 5.32 Å². The first-order valence-corrected chi connectivity index (χ1v) is 7.90. The Morgan fingerprint density at radius 3 is 2.04 bits per heavy atom. The Labute approximate surface area is 132 Å². The van der Waals surface area contributed by atoms with Gasteiger partial charge in [-0.05, 0) is 29.8 Å². The zero-order chi connectivity index (χ0) is 17.0. The van der Waals surface area contributed by atoms with E-state index in [1.807, 2.05) is 0 Å². The van der Waals surface area contributed by atoms with Gasteiger partial charge >= 0.3 is 5.97 Å². The number of carboxylic acid groups (broad SMARTS) is 1. The number of carbonyl (C=O) groups excluding carboxylic acids is 1. The lowest BCUT2D eigenvalue weighted by Gasteiger charge is -2.08. The number of aromatic carboxylic acids is 1. The summed E-state index contributed by atoms with van der Waals surface area (Å²) in [5.74, 6) is -1.75. The molecule has 0 spiro atoms. The molecule has 8 heteroatoms. The van der Waals surface area contributed by atoms with Gasteiger partial charge in [-0.3, -0.25) is 9.35 Å². The fourth-order valence-electron chi connectivity index (χ4n) is 1.92. The van der Waals surface area contributed by atoms with Crippen molar-refractivity contribution in [2.45, 2.75) is 11.4 Å². The summed E-state index contributed by atoms with van der Waals surface area (Å²) in [5, 5.41) is 11.6. The van der Waals surface area contributed by atoms with E-state index >= 15 is 0 Å². The average molecular weight is 335 g/mol. The largest absolute Gasteiger partial charge is 0.478 e. The van der Waals surface area contributed by atoms with Crippen molar-refractivity contribution in [3.63, 3.8) is 0 Å². The molecule has 0 radical (unpaired) electrons. The molecule has 1 amide bonds. The van der Waals surface area contributed by atoms with Crippen molar-refractivity contribution in [3.05, 3.63) is 65.2 Å². The van der Waals surface area contributed by atoms with Crippen LogP contribution in [0.15, 0.2) is 53.4 Å². The Hall–Kier alpha value is -2.71. The predicted octanol–water partition coefficient (Wildman–Crippen LogP) is 1.56. The highest BCUT2D eigenvalue weighted by atomic mass is 32.2. The van der Waals surface area contributed by atoms with Crippen LogP contribution in [0.1, 0.15) is 26.3 Å². The third kappa shape index (κ3) is 4.15. The summed E-state index contributed by atoms with van der Waals surface area (Å²) in [6.07, 6.45) is 0. The molecule has 0 atom stereocenters. The molecular weight excluding hydrogens is 322 g/mol. The molecule has 0 heterocycles. The zero-order valence-electron chi connectivity index (χ0n) is 11.8. The normalized spacial score (nSPS) is 11.0. The van der Waals surface area contributed by atoms with E-state index in [0.29, 0.717) is 5.56 Å². The molecule has 0 saturated heterocycles. The smallest absolute Gasteiger partial charge is 0.336 e. The maximum atomic E-state index is 12.1. The van der Waals surface area contributed by atoms with Crippen molar-refractivity contribution >= 4 is 22.0 Å². The van der Waals surface area contributed by atoms with E-state index in [0.717, 1.165) is 0 Å². The number of hydrogen-bond acceptors (Lipinski definition) is 4. The number of carboxylic acids is 1. The maximum Gasteiger partial charge on any atom is 0.336 e. The van der Waals surface area contributed by atoms with Crippen LogP contribution in [-0.2, 0) is 16.7 Å². The van der Waals surface area contributed by atoms with Gasteiger partial charge in [0.05, 0.1) is 16.0 Å². The molecule has 0 bridgehead atoms. The van der Waals surface area contributed by atoms with Gasteiger partial charge in [-0.15, -0.1) is 0 Å². The summed E-state index contributed by atoms with van der Waals surface area (Å²) < 4.78 is 30.7. The van der Waals surface area contributed by atoms with E-state index in [1.54, 1.807) is 6.07 Å². The molecule has 3 N–H and O–H groups in total. The molecule has 0 saturated carbocycles. The second kappa shape index (κ2) is 6.59. The third-order valence-corrected chi connectivity index (χ3v) is 3.94. The number of amides is 1. The number of nitrogens with one attached hydrogen (secondary N) is 1. The van der Waals surface area contributed by atoms with Gasteiger partial charge in [-0.2, -0.15) is 8.42 Å². The second-order valence-corrected chi connectivity index (χ2v) is 6.07. The lowest BCUT2D eigenvalue weighted by atomic mass is 10.1. The summed E-state index contributed by atoms with van der Waals surface area (Å²) in [6, 6.07) is 11.1. The van der Waals surface area contributed by atoms with Crippen LogP contribution in [-0.4, -0.2) is 30.0 Å². The van der Waals surface area contributed by atoms with Gasteiger partial charge in [-0.1, -0.05) is 24.3 Å². The molecule has 23 heavy (non-hydrogen) atoms. The Bertz CT molecular complexity index is 843. The van der Waals surface area contributed by atoms with Crippen LogP contribution in [0.2, 0.25) is 0 Å². The number of benzene rings is 2. The molecule has 120 valence electrons. The third-order valence-electron chi connectivity index (χ3n) is 3.08. The molecular formula is C15H13NO6S. The first kappa shape index (κ1) is 16.7. The Morgan fingerprint density at radius 1 is 0.957 bits per heavy atom. The molecule has 7 nitrogen and oxygen atoms in total. The van der Waals surface area contributed by atoms with Crippen LogP contribution in [0.4, 0.5) is 0 Å². The topological polar surface area (TPSA) is 121 Å². The molecule has 2 rings (SSSR count). The van der Waals surface area contributed by atoms with Gasteiger partial charge in [0.25, 0.3) is 16.0 Å². The molecule has 0 aliphatic rings. The summed E-state index contributed by atoms with van der Waals surface area (Å²) in [5.41, 5.74) is 0.528. The van der Waals surface area contributed by atoms with E-state index in [9.17, 15) is 18.0 Å². The van der Waals surface area contributed by atoms with Crippen molar-refractivity contribution in [1.29, 1.82) is 0 Å². The molecule has 0 aromatic heterocycles. The van der Waals surface area contributed by atoms with E-state index < -0.39 is 22.0 Å². The number of hydrogen-bond donors (Lipinski definition) is 3. The Kier molecular flexibility index (Phi) is 4.77. The minimum Gasteiger partial charge on any atom is -0.478 e. The van der Waals surface area contributed by atoms with E-state index in [1.165, 1.54) is 42.5 Å². The fraction of sp³-hybridized carbons (Fsp3) is 0.0667. The summed E-state index contributed by atoms with van der Waals surface area (Å²) >= 11 is 0. The molecule has 2 aromatic rings. The van der Waals surface area contributed by atoms with E-state index in [2.05, 4.69) is 5.32 Å². The lowest BCUT2D eigenvalue weighted by molar-refractivity contribution is 0.0691. The van der Waals surface area contributed by atoms with Gasteiger partial charge in [-0.25, -0.2) is 4.79 Å². The first-order valence-electron chi connectivity index (χ1n) is 6.46. The minimum atomic E-state index is -4.26. The average Bonchev–Trinajstić information content (AvgIpc) is 2.52. The monoisotopic (exact) mass is 335 g/mol. The molecule has 0 aliphatic carbocycles. The molecule has 2 aromatic carbocycles. The van der Waals surface area contributed by atoms with E-state index in [-0.39, 0.29) is 22.6 Å². The van der Waals surface area contributed by atoms with Gasteiger partial charge in [0, 0.05) is 6.54 Å². The Morgan fingerprint density at radius 2 is 1.52 bits per heavy atom. The summed E-state index contributed by atoms with van der Waals surface area (Å²) in [7, 11) is -4.26. The van der Waals surface area contributed by atoms with Crippen molar-refractivity contribution in [2.24, 2.45) is 0 Å². The molecule has 0 fully saturated rings. The number of carbonyl (C=O) groups is 2.